The molecule has 1 unspecified atom stereocenters. The van der Waals surface area contributed by atoms with Gasteiger partial charge in [-0.25, -0.2) is 0 Å². The van der Waals surface area contributed by atoms with E-state index in [1.54, 1.807) is 7.11 Å². The molecule has 0 aliphatic carbocycles. The lowest BCUT2D eigenvalue weighted by Gasteiger charge is -2.27. The molecule has 0 aromatic carbocycles. The highest BCUT2D eigenvalue weighted by molar-refractivity contribution is 14.1. The second-order valence-electron chi connectivity index (χ2n) is 2.96. The molecule has 5 heteroatoms. The average Bonchev–Trinajstić information content (AvgIpc) is 2.22. The standard InChI is InChI=1S/C9H21IO3Si/c1-4-8-13-14(11-3,12-5-2)9-6-7-10/h4-9H2,1-3H3. The van der Waals surface area contributed by atoms with Crippen LogP contribution in [-0.2, 0) is 13.3 Å². The molecule has 0 spiro atoms. The van der Waals surface area contributed by atoms with Crippen molar-refractivity contribution >= 4 is 31.4 Å². The Kier molecular flexibility index (Phi) is 9.62. The van der Waals surface area contributed by atoms with Gasteiger partial charge >= 0.3 is 8.80 Å². The summed E-state index contributed by atoms with van der Waals surface area (Å²) in [5, 5.41) is 0. The van der Waals surface area contributed by atoms with Gasteiger partial charge in [-0.05, 0) is 24.2 Å². The summed E-state index contributed by atoms with van der Waals surface area (Å²) in [4.78, 5) is 0. The Morgan fingerprint density at radius 1 is 1.21 bits per heavy atom. The summed E-state index contributed by atoms with van der Waals surface area (Å²) >= 11 is 2.37. The zero-order valence-electron chi connectivity index (χ0n) is 9.35. The monoisotopic (exact) mass is 332 g/mol. The summed E-state index contributed by atoms with van der Waals surface area (Å²) in [6.07, 6.45) is 2.11. The van der Waals surface area contributed by atoms with Gasteiger partial charge in [0.2, 0.25) is 0 Å². The van der Waals surface area contributed by atoms with Gasteiger partial charge in [-0.3, -0.25) is 0 Å². The first-order valence-corrected chi connectivity index (χ1v) is 8.59. The fraction of sp³-hybridized carbons (Fsp3) is 1.00. The normalized spacial score (nSPS) is 15.4. The molecule has 0 aromatic rings. The molecule has 0 saturated heterocycles. The number of rotatable bonds is 9. The SMILES string of the molecule is CCCO[Si](CCCI)(OC)OCC. The van der Waals surface area contributed by atoms with Gasteiger partial charge in [0.15, 0.2) is 0 Å². The Morgan fingerprint density at radius 2 is 1.93 bits per heavy atom. The predicted octanol–water partition coefficient (Wildman–Crippen LogP) is 2.86. The van der Waals surface area contributed by atoms with E-state index in [0.29, 0.717) is 6.61 Å². The summed E-state index contributed by atoms with van der Waals surface area (Å²) in [6.45, 7) is 5.49. The number of hydrogen-bond donors (Lipinski definition) is 0. The summed E-state index contributed by atoms with van der Waals surface area (Å²) in [6, 6.07) is 0.931. The summed E-state index contributed by atoms with van der Waals surface area (Å²) < 4.78 is 18.0. The highest BCUT2D eigenvalue weighted by Gasteiger charge is 2.38. The van der Waals surface area contributed by atoms with Crippen molar-refractivity contribution in [2.24, 2.45) is 0 Å². The first-order chi connectivity index (χ1) is 6.74. The fourth-order valence-electron chi connectivity index (χ4n) is 1.17. The van der Waals surface area contributed by atoms with Crippen LogP contribution in [0.25, 0.3) is 0 Å². The van der Waals surface area contributed by atoms with Crippen LogP contribution >= 0.6 is 22.6 Å². The Morgan fingerprint density at radius 3 is 2.36 bits per heavy atom. The summed E-state index contributed by atoms with van der Waals surface area (Å²) in [5.41, 5.74) is 0. The van der Waals surface area contributed by atoms with Crippen molar-refractivity contribution < 1.29 is 13.3 Å². The zero-order valence-corrected chi connectivity index (χ0v) is 12.5. The lowest BCUT2D eigenvalue weighted by atomic mass is 10.5. The quantitative estimate of drug-likeness (QED) is 0.369. The van der Waals surface area contributed by atoms with Crippen LogP contribution in [0.1, 0.15) is 26.7 Å². The maximum Gasteiger partial charge on any atom is 0.500 e. The fourth-order valence-corrected chi connectivity index (χ4v) is 4.64. The Balaban J connectivity index is 4.11. The molecule has 0 amide bonds. The molecule has 0 heterocycles. The highest BCUT2D eigenvalue weighted by atomic mass is 127. The molecule has 0 N–H and O–H groups in total. The van der Waals surface area contributed by atoms with Gasteiger partial charge in [-0.1, -0.05) is 29.5 Å². The van der Waals surface area contributed by atoms with Crippen molar-refractivity contribution in [1.29, 1.82) is 0 Å². The molecule has 1 atom stereocenters. The Bertz CT molecular complexity index is 127. The molecule has 0 rings (SSSR count). The minimum absolute atomic E-state index is 0.672. The molecule has 0 radical (unpaired) electrons. The van der Waals surface area contributed by atoms with E-state index in [4.69, 9.17) is 13.3 Å². The van der Waals surface area contributed by atoms with Crippen LogP contribution in [0.2, 0.25) is 6.04 Å². The van der Waals surface area contributed by atoms with E-state index in [0.717, 1.165) is 29.9 Å². The molecular weight excluding hydrogens is 311 g/mol. The van der Waals surface area contributed by atoms with Gasteiger partial charge in [0.05, 0.1) is 0 Å². The second kappa shape index (κ2) is 9.08. The first-order valence-electron chi connectivity index (χ1n) is 5.13. The van der Waals surface area contributed by atoms with E-state index in [-0.39, 0.29) is 0 Å². The summed E-state index contributed by atoms with van der Waals surface area (Å²) in [5.74, 6) is 0. The van der Waals surface area contributed by atoms with Gasteiger partial charge in [0, 0.05) is 26.4 Å². The minimum atomic E-state index is -2.32. The van der Waals surface area contributed by atoms with Gasteiger partial charge < -0.3 is 13.3 Å². The summed E-state index contributed by atoms with van der Waals surface area (Å²) in [7, 11) is -0.617. The number of halogens is 1. The second-order valence-corrected chi connectivity index (χ2v) is 6.89. The molecule has 0 aliphatic heterocycles. The molecule has 0 aromatic heterocycles. The Labute approximate surface area is 102 Å². The third kappa shape index (κ3) is 5.65. The molecule has 14 heavy (non-hydrogen) atoms. The number of hydrogen-bond acceptors (Lipinski definition) is 3. The largest absolute Gasteiger partial charge is 0.500 e. The van der Waals surface area contributed by atoms with Crippen molar-refractivity contribution in [3.05, 3.63) is 0 Å². The van der Waals surface area contributed by atoms with Crippen molar-refractivity contribution in [2.45, 2.75) is 32.7 Å². The van der Waals surface area contributed by atoms with E-state index in [2.05, 4.69) is 29.5 Å². The molecule has 0 aliphatic rings. The topological polar surface area (TPSA) is 27.7 Å². The van der Waals surface area contributed by atoms with Crippen LogP contribution in [0, 0.1) is 0 Å². The van der Waals surface area contributed by atoms with Crippen LogP contribution in [0.4, 0.5) is 0 Å². The molecular formula is C9H21IO3Si. The molecule has 3 nitrogen and oxygen atoms in total. The highest BCUT2D eigenvalue weighted by Crippen LogP contribution is 2.18. The lowest BCUT2D eigenvalue weighted by molar-refractivity contribution is 0.0819. The van der Waals surface area contributed by atoms with E-state index < -0.39 is 8.80 Å². The maximum absolute atomic E-state index is 5.76. The molecule has 0 saturated carbocycles. The van der Waals surface area contributed by atoms with Crippen LogP contribution in [0.5, 0.6) is 0 Å². The van der Waals surface area contributed by atoms with Crippen LogP contribution < -0.4 is 0 Å². The van der Waals surface area contributed by atoms with Crippen molar-refractivity contribution in [2.75, 3.05) is 24.8 Å². The molecule has 0 fully saturated rings. The van der Waals surface area contributed by atoms with E-state index in [1.807, 2.05) is 6.92 Å². The molecule has 0 bridgehead atoms. The zero-order chi connectivity index (χ0) is 10.9. The van der Waals surface area contributed by atoms with Gasteiger partial charge in [-0.2, -0.15) is 0 Å². The van der Waals surface area contributed by atoms with Crippen molar-refractivity contribution in [3.63, 3.8) is 0 Å². The third-order valence-corrected chi connectivity index (χ3v) is 5.54. The number of alkyl halides is 1. The average molecular weight is 332 g/mol. The Hall–Kier alpha value is 0.827. The smallest absolute Gasteiger partial charge is 0.377 e. The van der Waals surface area contributed by atoms with Gasteiger partial charge in [0.25, 0.3) is 0 Å². The maximum atomic E-state index is 5.76. The third-order valence-electron chi connectivity index (χ3n) is 1.82. The van der Waals surface area contributed by atoms with Crippen molar-refractivity contribution in [3.8, 4) is 0 Å². The lowest BCUT2D eigenvalue weighted by Crippen LogP contribution is -2.45. The molecule has 86 valence electrons. The van der Waals surface area contributed by atoms with Crippen LogP contribution in [0.3, 0.4) is 0 Å². The van der Waals surface area contributed by atoms with Crippen LogP contribution in [0.15, 0.2) is 0 Å². The van der Waals surface area contributed by atoms with E-state index in [1.165, 1.54) is 0 Å². The first kappa shape index (κ1) is 14.8. The van der Waals surface area contributed by atoms with Gasteiger partial charge in [-0.15, -0.1) is 0 Å². The predicted molar refractivity (Wildman–Crippen MR) is 68.9 cm³/mol. The van der Waals surface area contributed by atoms with Crippen LogP contribution in [-0.4, -0.2) is 33.6 Å². The van der Waals surface area contributed by atoms with Crippen molar-refractivity contribution in [1.82, 2.24) is 0 Å². The van der Waals surface area contributed by atoms with Gasteiger partial charge in [0.1, 0.15) is 0 Å². The van der Waals surface area contributed by atoms with E-state index >= 15 is 0 Å². The minimum Gasteiger partial charge on any atom is -0.377 e. The van der Waals surface area contributed by atoms with E-state index in [9.17, 15) is 0 Å².